The van der Waals surface area contributed by atoms with Crippen molar-refractivity contribution < 1.29 is 9.53 Å². The number of ether oxygens (including phenoxy) is 1. The molecule has 0 spiro atoms. The molecule has 0 aliphatic carbocycles. The Morgan fingerprint density at radius 3 is 2.64 bits per heavy atom. The van der Waals surface area contributed by atoms with Crippen LogP contribution in [-0.2, 0) is 4.79 Å². The van der Waals surface area contributed by atoms with Gasteiger partial charge in [-0.3, -0.25) is 9.69 Å². The topological polar surface area (TPSA) is 32.8 Å². The van der Waals surface area contributed by atoms with Crippen molar-refractivity contribution in [3.8, 4) is 5.75 Å². The molecule has 1 aromatic rings. The van der Waals surface area contributed by atoms with Crippen molar-refractivity contribution in [1.82, 2.24) is 9.80 Å². The van der Waals surface area contributed by atoms with E-state index in [9.17, 15) is 4.79 Å². The molecule has 3 rings (SSSR count). The fraction of sp³-hybridized carbons (Fsp3) is 0.611. The lowest BCUT2D eigenvalue weighted by Crippen LogP contribution is -2.45. The molecule has 0 radical (unpaired) electrons. The molecular weight excluding hydrogens is 276 g/mol. The fourth-order valence-electron chi connectivity index (χ4n) is 3.75. The molecule has 0 aromatic heterocycles. The largest absolute Gasteiger partial charge is 0.497 e. The van der Waals surface area contributed by atoms with Gasteiger partial charge in [-0.25, -0.2) is 0 Å². The molecule has 2 aliphatic heterocycles. The van der Waals surface area contributed by atoms with Gasteiger partial charge in [0.1, 0.15) is 5.75 Å². The maximum atomic E-state index is 11.9. The number of hydrogen-bond acceptors (Lipinski definition) is 3. The SMILES string of the molecule is COc1cccc([C@H](C)N2CCC(N3CCCC3=O)CC2)c1. The predicted molar refractivity (Wildman–Crippen MR) is 87.0 cm³/mol. The van der Waals surface area contributed by atoms with Crippen LogP contribution >= 0.6 is 0 Å². The van der Waals surface area contributed by atoms with Crippen molar-refractivity contribution >= 4 is 5.91 Å². The molecule has 1 atom stereocenters. The summed E-state index contributed by atoms with van der Waals surface area (Å²) in [6.07, 6.45) is 3.99. The van der Waals surface area contributed by atoms with E-state index in [-0.39, 0.29) is 0 Å². The van der Waals surface area contributed by atoms with E-state index in [1.807, 2.05) is 6.07 Å². The van der Waals surface area contributed by atoms with Gasteiger partial charge in [0.05, 0.1) is 7.11 Å². The summed E-state index contributed by atoms with van der Waals surface area (Å²) in [5.74, 6) is 1.28. The monoisotopic (exact) mass is 302 g/mol. The van der Waals surface area contributed by atoms with Crippen LogP contribution in [0, 0.1) is 0 Å². The third-order valence-electron chi connectivity index (χ3n) is 5.17. The molecule has 2 heterocycles. The number of hydrogen-bond donors (Lipinski definition) is 0. The molecule has 2 fully saturated rings. The second kappa shape index (κ2) is 6.69. The molecule has 22 heavy (non-hydrogen) atoms. The van der Waals surface area contributed by atoms with Gasteiger partial charge in [-0.15, -0.1) is 0 Å². The van der Waals surface area contributed by atoms with E-state index in [4.69, 9.17) is 4.74 Å². The average molecular weight is 302 g/mol. The molecule has 0 bridgehead atoms. The van der Waals surface area contributed by atoms with Gasteiger partial charge in [0.15, 0.2) is 0 Å². The lowest BCUT2D eigenvalue weighted by Gasteiger charge is -2.39. The van der Waals surface area contributed by atoms with E-state index in [2.05, 4.69) is 34.9 Å². The van der Waals surface area contributed by atoms with Crippen molar-refractivity contribution in [2.75, 3.05) is 26.7 Å². The van der Waals surface area contributed by atoms with Gasteiger partial charge in [0, 0.05) is 38.1 Å². The number of nitrogens with zero attached hydrogens (tertiary/aromatic N) is 2. The standard InChI is InChI=1S/C18H26N2O2/c1-14(15-5-3-6-17(13-15)22-2)19-11-8-16(9-12-19)20-10-4-7-18(20)21/h3,5-6,13-14,16H,4,7-12H2,1-2H3/t14-/m0/s1. The Morgan fingerprint density at radius 1 is 1.23 bits per heavy atom. The number of rotatable bonds is 4. The summed E-state index contributed by atoms with van der Waals surface area (Å²) >= 11 is 0. The fourth-order valence-corrected chi connectivity index (χ4v) is 3.75. The summed E-state index contributed by atoms with van der Waals surface area (Å²) in [5.41, 5.74) is 1.30. The number of methoxy groups -OCH3 is 1. The Hall–Kier alpha value is -1.55. The van der Waals surface area contributed by atoms with Gasteiger partial charge in [-0.2, -0.15) is 0 Å². The number of carbonyl (C=O) groups is 1. The van der Waals surface area contributed by atoms with Crippen LogP contribution in [0.3, 0.4) is 0 Å². The van der Waals surface area contributed by atoms with E-state index in [0.717, 1.165) is 51.1 Å². The van der Waals surface area contributed by atoms with Crippen LogP contribution in [-0.4, -0.2) is 48.5 Å². The van der Waals surface area contributed by atoms with E-state index in [1.165, 1.54) is 5.56 Å². The minimum Gasteiger partial charge on any atom is -0.497 e. The molecule has 120 valence electrons. The highest BCUT2D eigenvalue weighted by Gasteiger charge is 2.31. The van der Waals surface area contributed by atoms with Crippen molar-refractivity contribution in [2.24, 2.45) is 0 Å². The molecule has 0 unspecified atom stereocenters. The summed E-state index contributed by atoms with van der Waals surface area (Å²) in [4.78, 5) is 16.5. The Kier molecular flexibility index (Phi) is 4.67. The minimum absolute atomic E-state index is 0.360. The zero-order valence-electron chi connectivity index (χ0n) is 13.6. The predicted octanol–water partition coefficient (Wildman–Crippen LogP) is 2.84. The Labute approximate surface area is 133 Å². The van der Waals surface area contributed by atoms with Crippen LogP contribution in [0.4, 0.5) is 0 Å². The van der Waals surface area contributed by atoms with Gasteiger partial charge in [-0.05, 0) is 43.9 Å². The van der Waals surface area contributed by atoms with E-state index < -0.39 is 0 Å². The molecule has 4 heteroatoms. The molecule has 0 saturated carbocycles. The number of amides is 1. The molecule has 1 aromatic carbocycles. The summed E-state index contributed by atoms with van der Waals surface area (Å²) in [6, 6.07) is 9.19. The summed E-state index contributed by atoms with van der Waals surface area (Å²) in [5, 5.41) is 0. The quantitative estimate of drug-likeness (QED) is 0.857. The number of benzene rings is 1. The van der Waals surface area contributed by atoms with Crippen LogP contribution in [0.5, 0.6) is 5.75 Å². The molecule has 4 nitrogen and oxygen atoms in total. The molecular formula is C18H26N2O2. The summed E-state index contributed by atoms with van der Waals surface area (Å²) < 4.78 is 5.33. The lowest BCUT2D eigenvalue weighted by atomic mass is 9.99. The van der Waals surface area contributed by atoms with Crippen LogP contribution in [0.2, 0.25) is 0 Å². The highest BCUT2D eigenvalue weighted by atomic mass is 16.5. The summed E-state index contributed by atoms with van der Waals surface area (Å²) in [6.45, 7) is 5.35. The molecule has 0 N–H and O–H groups in total. The van der Waals surface area contributed by atoms with E-state index >= 15 is 0 Å². The number of likely N-dealkylation sites (tertiary alicyclic amines) is 2. The third-order valence-corrected chi connectivity index (χ3v) is 5.17. The average Bonchev–Trinajstić information content (AvgIpc) is 3.00. The van der Waals surface area contributed by atoms with Crippen molar-refractivity contribution in [1.29, 1.82) is 0 Å². The van der Waals surface area contributed by atoms with Gasteiger partial charge in [0.25, 0.3) is 0 Å². The van der Waals surface area contributed by atoms with Gasteiger partial charge < -0.3 is 9.64 Å². The first kappa shape index (κ1) is 15.3. The number of carbonyl (C=O) groups excluding carboxylic acids is 1. The molecule has 1 amide bonds. The van der Waals surface area contributed by atoms with Crippen LogP contribution < -0.4 is 4.74 Å². The Morgan fingerprint density at radius 2 is 2.00 bits per heavy atom. The zero-order chi connectivity index (χ0) is 15.5. The molecule has 2 saturated heterocycles. The van der Waals surface area contributed by atoms with Crippen molar-refractivity contribution in [2.45, 2.75) is 44.7 Å². The van der Waals surface area contributed by atoms with Crippen LogP contribution in [0.15, 0.2) is 24.3 Å². The van der Waals surface area contributed by atoms with Crippen LogP contribution in [0.1, 0.15) is 44.2 Å². The second-order valence-corrected chi connectivity index (χ2v) is 6.41. The Bertz CT molecular complexity index is 524. The maximum Gasteiger partial charge on any atom is 0.222 e. The first-order chi connectivity index (χ1) is 10.7. The van der Waals surface area contributed by atoms with Crippen molar-refractivity contribution in [3.05, 3.63) is 29.8 Å². The van der Waals surface area contributed by atoms with Gasteiger partial charge >= 0.3 is 0 Å². The van der Waals surface area contributed by atoms with Gasteiger partial charge in [-0.1, -0.05) is 12.1 Å². The maximum absolute atomic E-state index is 11.9. The third kappa shape index (κ3) is 3.12. The number of piperidine rings is 1. The van der Waals surface area contributed by atoms with E-state index in [0.29, 0.717) is 18.0 Å². The zero-order valence-corrected chi connectivity index (χ0v) is 13.6. The second-order valence-electron chi connectivity index (χ2n) is 6.41. The molecule has 2 aliphatic rings. The van der Waals surface area contributed by atoms with Gasteiger partial charge in [0.2, 0.25) is 5.91 Å². The van der Waals surface area contributed by atoms with E-state index in [1.54, 1.807) is 7.11 Å². The minimum atomic E-state index is 0.360. The highest BCUT2D eigenvalue weighted by molar-refractivity contribution is 5.78. The van der Waals surface area contributed by atoms with Crippen molar-refractivity contribution in [3.63, 3.8) is 0 Å². The first-order valence-electron chi connectivity index (χ1n) is 8.36. The van der Waals surface area contributed by atoms with Crippen LogP contribution in [0.25, 0.3) is 0 Å². The highest BCUT2D eigenvalue weighted by Crippen LogP contribution is 2.29. The lowest BCUT2D eigenvalue weighted by molar-refractivity contribution is -0.130. The normalized spacial score (nSPS) is 22.1. The summed E-state index contributed by atoms with van der Waals surface area (Å²) in [7, 11) is 1.71. The Balaban J connectivity index is 1.59. The first-order valence-corrected chi connectivity index (χ1v) is 8.36. The smallest absolute Gasteiger partial charge is 0.222 e.